The quantitative estimate of drug-likeness (QED) is 0.438. The summed E-state index contributed by atoms with van der Waals surface area (Å²) in [5.74, 6) is 1.12. The first kappa shape index (κ1) is 18.4. The maximum Gasteiger partial charge on any atom is 0.159 e. The molecule has 0 fully saturated rings. The van der Waals surface area contributed by atoms with E-state index in [0.717, 1.165) is 28.0 Å². The third-order valence-corrected chi connectivity index (χ3v) is 5.69. The number of hydrogen-bond donors (Lipinski definition) is 2. The van der Waals surface area contributed by atoms with Crippen LogP contribution < -0.4 is 0 Å². The van der Waals surface area contributed by atoms with Crippen molar-refractivity contribution >= 4 is 22.1 Å². The van der Waals surface area contributed by atoms with Gasteiger partial charge in [0.2, 0.25) is 0 Å². The molecule has 0 unspecified atom stereocenters. The second-order valence-electron chi connectivity index (χ2n) is 7.56. The van der Waals surface area contributed by atoms with E-state index in [9.17, 15) is 4.39 Å². The Balaban J connectivity index is 1.53. The lowest BCUT2D eigenvalue weighted by Crippen LogP contribution is -1.94. The fourth-order valence-corrected chi connectivity index (χ4v) is 3.89. The Morgan fingerprint density at radius 1 is 1.00 bits per heavy atom. The molecular formula is C23H17FN8. The number of halogens is 1. The summed E-state index contributed by atoms with van der Waals surface area (Å²) in [6.45, 7) is 1.95. The molecule has 5 heterocycles. The summed E-state index contributed by atoms with van der Waals surface area (Å²) < 4.78 is 16.4. The molecule has 6 aromatic rings. The van der Waals surface area contributed by atoms with Crippen LogP contribution >= 0.6 is 0 Å². The minimum Gasteiger partial charge on any atom is -0.336 e. The van der Waals surface area contributed by atoms with E-state index in [2.05, 4.69) is 30.1 Å². The van der Waals surface area contributed by atoms with E-state index in [4.69, 9.17) is 4.98 Å². The van der Waals surface area contributed by atoms with Crippen molar-refractivity contribution in [3.05, 3.63) is 66.6 Å². The molecule has 0 atom stereocenters. The van der Waals surface area contributed by atoms with Crippen molar-refractivity contribution in [3.8, 4) is 34.0 Å². The summed E-state index contributed by atoms with van der Waals surface area (Å²) in [6, 6.07) is 10.4. The van der Waals surface area contributed by atoms with E-state index >= 15 is 0 Å². The van der Waals surface area contributed by atoms with Crippen molar-refractivity contribution in [2.24, 2.45) is 7.05 Å². The molecule has 0 aliphatic heterocycles. The highest BCUT2D eigenvalue weighted by Crippen LogP contribution is 2.32. The summed E-state index contributed by atoms with van der Waals surface area (Å²) >= 11 is 0. The predicted octanol–water partition coefficient (Wildman–Crippen LogP) is 4.41. The fraction of sp³-hybridized carbons (Fsp3) is 0.0870. The van der Waals surface area contributed by atoms with Crippen LogP contribution in [-0.4, -0.2) is 39.7 Å². The third-order valence-electron chi connectivity index (χ3n) is 5.69. The van der Waals surface area contributed by atoms with Crippen LogP contribution in [0.15, 0.2) is 55.0 Å². The number of aryl methyl sites for hydroxylation is 1. The van der Waals surface area contributed by atoms with Gasteiger partial charge in [-0.2, -0.15) is 5.10 Å². The van der Waals surface area contributed by atoms with Gasteiger partial charge in [-0.15, -0.1) is 0 Å². The maximum atomic E-state index is 14.4. The number of aromatic amines is 2. The van der Waals surface area contributed by atoms with E-state index < -0.39 is 0 Å². The van der Waals surface area contributed by atoms with Crippen molar-refractivity contribution in [2.45, 2.75) is 6.92 Å². The number of aromatic nitrogens is 8. The van der Waals surface area contributed by atoms with E-state index in [-0.39, 0.29) is 5.82 Å². The first-order valence-electron chi connectivity index (χ1n) is 10.0. The second kappa shape index (κ2) is 6.81. The van der Waals surface area contributed by atoms with Gasteiger partial charge in [0, 0.05) is 30.6 Å². The third kappa shape index (κ3) is 2.71. The highest BCUT2D eigenvalue weighted by atomic mass is 19.1. The van der Waals surface area contributed by atoms with Crippen molar-refractivity contribution < 1.29 is 4.39 Å². The van der Waals surface area contributed by atoms with Crippen LogP contribution in [0.4, 0.5) is 4.39 Å². The Labute approximate surface area is 181 Å². The summed E-state index contributed by atoms with van der Waals surface area (Å²) in [5, 5.41) is 8.23. The largest absolute Gasteiger partial charge is 0.336 e. The van der Waals surface area contributed by atoms with E-state index in [1.165, 1.54) is 6.07 Å². The number of hydrogen-bond acceptors (Lipinski definition) is 5. The van der Waals surface area contributed by atoms with Gasteiger partial charge in [0.25, 0.3) is 0 Å². The van der Waals surface area contributed by atoms with Crippen molar-refractivity contribution in [3.63, 3.8) is 0 Å². The van der Waals surface area contributed by atoms with Gasteiger partial charge in [0.1, 0.15) is 28.5 Å². The maximum absolute atomic E-state index is 14.4. The normalized spacial score (nSPS) is 11.6. The molecule has 32 heavy (non-hydrogen) atoms. The van der Waals surface area contributed by atoms with E-state index in [1.807, 2.05) is 36.9 Å². The first-order chi connectivity index (χ1) is 15.6. The lowest BCUT2D eigenvalue weighted by atomic mass is 10.1. The molecule has 0 aliphatic carbocycles. The van der Waals surface area contributed by atoms with Gasteiger partial charge in [0.05, 0.1) is 22.8 Å². The smallest absolute Gasteiger partial charge is 0.159 e. The van der Waals surface area contributed by atoms with Gasteiger partial charge in [-0.1, -0.05) is 12.1 Å². The molecule has 0 spiro atoms. The molecule has 0 aliphatic rings. The Morgan fingerprint density at radius 3 is 2.69 bits per heavy atom. The van der Waals surface area contributed by atoms with Crippen molar-refractivity contribution in [1.29, 1.82) is 0 Å². The Hall–Kier alpha value is -4.40. The minimum atomic E-state index is -0.345. The Kier molecular flexibility index (Phi) is 3.91. The van der Waals surface area contributed by atoms with Crippen molar-refractivity contribution in [2.75, 3.05) is 0 Å². The van der Waals surface area contributed by atoms with Gasteiger partial charge >= 0.3 is 0 Å². The lowest BCUT2D eigenvalue weighted by molar-refractivity contribution is 0.631. The molecule has 6 rings (SSSR count). The fourth-order valence-electron chi connectivity index (χ4n) is 3.89. The molecule has 0 bridgehead atoms. The molecule has 8 nitrogen and oxygen atoms in total. The number of imidazole rings is 2. The molecule has 0 saturated carbocycles. The summed E-state index contributed by atoms with van der Waals surface area (Å²) in [5.41, 5.74) is 5.36. The number of H-pyrrole nitrogens is 2. The molecular weight excluding hydrogens is 407 g/mol. The molecule has 5 aromatic heterocycles. The zero-order chi connectivity index (χ0) is 21.8. The molecule has 0 saturated heterocycles. The number of fused-ring (bicyclic) bond motifs is 2. The van der Waals surface area contributed by atoms with Crippen LogP contribution in [0.5, 0.6) is 0 Å². The zero-order valence-electron chi connectivity index (χ0n) is 17.3. The van der Waals surface area contributed by atoms with Gasteiger partial charge in [-0.3, -0.25) is 10.1 Å². The van der Waals surface area contributed by atoms with Crippen LogP contribution in [0.2, 0.25) is 0 Å². The number of pyridine rings is 2. The zero-order valence-corrected chi connectivity index (χ0v) is 17.3. The number of nitrogens with one attached hydrogen (secondary N) is 2. The summed E-state index contributed by atoms with van der Waals surface area (Å²) in [4.78, 5) is 21.3. The Morgan fingerprint density at radius 2 is 1.88 bits per heavy atom. The Bertz CT molecular complexity index is 1620. The molecule has 0 amide bonds. The number of benzene rings is 1. The van der Waals surface area contributed by atoms with Gasteiger partial charge in [-0.25, -0.2) is 19.3 Å². The SMILES string of the molecule is Cc1ncc(-c2cnc3[nH]nc(-c4nc5c(-c6ccccc6F)nccc5[nH]4)c3c2)n1C. The molecule has 2 N–H and O–H groups in total. The average Bonchev–Trinajstić information content (AvgIpc) is 3.50. The number of nitrogens with zero attached hydrogens (tertiary/aromatic N) is 6. The van der Waals surface area contributed by atoms with Crippen LogP contribution in [0.3, 0.4) is 0 Å². The first-order valence-corrected chi connectivity index (χ1v) is 10.0. The standard InChI is InChI=1S/C23H17FN8/c1-12-26-11-18(32(12)2)13-9-15-20(30-31-22(15)27-10-13)23-28-17-7-8-25-19(21(17)29-23)14-5-3-4-6-16(14)24/h3-11H,1-2H3,(H,28,29)(H,27,30,31). The van der Waals surface area contributed by atoms with Crippen LogP contribution in [0, 0.1) is 12.7 Å². The van der Waals surface area contributed by atoms with Crippen LogP contribution in [-0.2, 0) is 7.05 Å². The second-order valence-corrected chi connectivity index (χ2v) is 7.56. The van der Waals surface area contributed by atoms with Gasteiger partial charge < -0.3 is 9.55 Å². The topological polar surface area (TPSA) is 101 Å². The van der Waals surface area contributed by atoms with Crippen molar-refractivity contribution in [1.82, 2.24) is 39.7 Å². The van der Waals surface area contributed by atoms with Gasteiger partial charge in [0.15, 0.2) is 11.5 Å². The molecule has 9 heteroatoms. The number of rotatable bonds is 3. The van der Waals surface area contributed by atoms with E-state index in [1.54, 1.807) is 30.6 Å². The van der Waals surface area contributed by atoms with Crippen LogP contribution in [0.1, 0.15) is 5.82 Å². The van der Waals surface area contributed by atoms with Gasteiger partial charge in [-0.05, 0) is 31.2 Å². The molecule has 1 aromatic carbocycles. The lowest BCUT2D eigenvalue weighted by Gasteiger charge is -2.03. The molecule has 156 valence electrons. The average molecular weight is 424 g/mol. The monoisotopic (exact) mass is 424 g/mol. The highest BCUT2D eigenvalue weighted by molar-refractivity contribution is 5.96. The highest BCUT2D eigenvalue weighted by Gasteiger charge is 2.18. The predicted molar refractivity (Wildman–Crippen MR) is 119 cm³/mol. The molecule has 0 radical (unpaired) electrons. The summed E-state index contributed by atoms with van der Waals surface area (Å²) in [7, 11) is 1.97. The minimum absolute atomic E-state index is 0.345. The van der Waals surface area contributed by atoms with E-state index in [0.29, 0.717) is 33.9 Å². The van der Waals surface area contributed by atoms with Crippen LogP contribution in [0.25, 0.3) is 56.1 Å². The summed E-state index contributed by atoms with van der Waals surface area (Å²) in [6.07, 6.45) is 5.25.